The molecule has 50 heavy (non-hydrogen) atoms. The third-order valence-electron chi connectivity index (χ3n) is 9.95. The van der Waals surface area contributed by atoms with Crippen molar-refractivity contribution in [1.82, 2.24) is 9.97 Å². The first-order valence-electron chi connectivity index (χ1n) is 17.4. The highest BCUT2D eigenvalue weighted by Gasteiger charge is 2.15. The summed E-state index contributed by atoms with van der Waals surface area (Å²) in [5.74, 6) is 1.01. The van der Waals surface area contributed by atoms with Crippen molar-refractivity contribution < 1.29 is 0 Å². The quantitative estimate of drug-likeness (QED) is 0.181. The van der Waals surface area contributed by atoms with E-state index in [0.29, 0.717) is 11.7 Å². The van der Waals surface area contributed by atoms with E-state index in [0.717, 1.165) is 52.9 Å². The third-order valence-corrected chi connectivity index (χ3v) is 9.95. The van der Waals surface area contributed by atoms with E-state index in [4.69, 9.17) is 9.97 Å². The highest BCUT2D eigenvalue weighted by atomic mass is 14.9. The van der Waals surface area contributed by atoms with Crippen LogP contribution in [0.2, 0.25) is 0 Å². The van der Waals surface area contributed by atoms with Crippen molar-refractivity contribution in [3.63, 3.8) is 0 Å². The number of aryl methyl sites for hydroxylation is 1. The molecule has 3 nitrogen and oxygen atoms in total. The Labute approximate surface area is 293 Å². The maximum atomic E-state index is 5.19. The molecule has 6 aromatic carbocycles. The van der Waals surface area contributed by atoms with Crippen LogP contribution in [0.1, 0.15) is 35.4 Å². The summed E-state index contributed by atoms with van der Waals surface area (Å²) in [6.07, 6.45) is 13.8. The Hall–Kier alpha value is -6.19. The second-order valence-corrected chi connectivity index (χ2v) is 13.2. The Bertz CT molecular complexity index is 2450. The van der Waals surface area contributed by atoms with Crippen molar-refractivity contribution in [2.75, 3.05) is 0 Å². The minimum Gasteiger partial charge on any atom is -0.269 e. The molecule has 0 fully saturated rings. The van der Waals surface area contributed by atoms with Gasteiger partial charge in [0.05, 0.1) is 11.4 Å². The first kappa shape index (κ1) is 29.9. The average Bonchev–Trinajstić information content (AvgIpc) is 3.21. The van der Waals surface area contributed by atoms with Crippen molar-refractivity contribution in [3.05, 3.63) is 175 Å². The van der Waals surface area contributed by atoms with Gasteiger partial charge < -0.3 is 0 Å². The zero-order chi connectivity index (χ0) is 33.3. The number of hydrogen-bond donors (Lipinski definition) is 0. The van der Waals surface area contributed by atoms with Crippen LogP contribution in [0.3, 0.4) is 0 Å². The van der Waals surface area contributed by atoms with Gasteiger partial charge in [-0.1, -0.05) is 133 Å². The van der Waals surface area contributed by atoms with Crippen LogP contribution in [0.25, 0.3) is 73.0 Å². The van der Waals surface area contributed by atoms with Gasteiger partial charge in [-0.2, -0.15) is 0 Å². The van der Waals surface area contributed by atoms with Gasteiger partial charge in [0.25, 0.3) is 0 Å². The Morgan fingerprint density at radius 2 is 1.18 bits per heavy atom. The van der Waals surface area contributed by atoms with Crippen LogP contribution in [-0.2, 0) is 6.42 Å². The number of aromatic nitrogens is 2. The van der Waals surface area contributed by atoms with E-state index in [1.165, 1.54) is 44.2 Å². The van der Waals surface area contributed by atoms with Gasteiger partial charge >= 0.3 is 0 Å². The SMILES string of the molecule is C1=Cc2cc(-c3ccc(-c4cc(-c5ccc(C6C=NC=CC6)cc5)nc(-c5cccc(-c6ccc7ccccc7c6)c5)n4)cc3)ccc2CC1. The lowest BCUT2D eigenvalue weighted by Gasteiger charge is -2.14. The van der Waals surface area contributed by atoms with Crippen molar-refractivity contribution >= 4 is 23.1 Å². The third kappa shape index (κ3) is 5.99. The highest BCUT2D eigenvalue weighted by Crippen LogP contribution is 2.33. The van der Waals surface area contributed by atoms with Gasteiger partial charge in [0, 0.05) is 35.0 Å². The van der Waals surface area contributed by atoms with Gasteiger partial charge in [-0.05, 0) is 93.2 Å². The molecule has 2 heterocycles. The number of hydrogen-bond acceptors (Lipinski definition) is 3. The summed E-state index contributed by atoms with van der Waals surface area (Å²) in [6.45, 7) is 0. The second-order valence-electron chi connectivity index (χ2n) is 13.2. The van der Waals surface area contributed by atoms with E-state index < -0.39 is 0 Å². The van der Waals surface area contributed by atoms with Gasteiger partial charge in [-0.15, -0.1) is 0 Å². The predicted molar refractivity (Wildman–Crippen MR) is 209 cm³/mol. The van der Waals surface area contributed by atoms with Crippen molar-refractivity contribution in [2.24, 2.45) is 4.99 Å². The monoisotopic (exact) mass is 641 g/mol. The van der Waals surface area contributed by atoms with E-state index in [9.17, 15) is 0 Å². The van der Waals surface area contributed by atoms with Crippen molar-refractivity contribution in [3.8, 4) is 56.2 Å². The summed E-state index contributed by atoms with van der Waals surface area (Å²) in [5.41, 5.74) is 13.7. The number of allylic oxidation sites excluding steroid dienone is 2. The first-order valence-corrected chi connectivity index (χ1v) is 17.4. The molecule has 1 aromatic heterocycles. The molecule has 1 atom stereocenters. The van der Waals surface area contributed by atoms with Crippen LogP contribution < -0.4 is 0 Å². The second kappa shape index (κ2) is 13.0. The van der Waals surface area contributed by atoms with Crippen LogP contribution in [0, 0.1) is 0 Å². The van der Waals surface area contributed by atoms with E-state index in [-0.39, 0.29) is 0 Å². The molecule has 7 aromatic rings. The molecular weight excluding hydrogens is 607 g/mol. The molecular formula is C47H35N3. The smallest absolute Gasteiger partial charge is 0.160 e. The lowest BCUT2D eigenvalue weighted by Crippen LogP contribution is -2.01. The molecule has 1 aliphatic carbocycles. The van der Waals surface area contributed by atoms with E-state index >= 15 is 0 Å². The molecule has 1 aliphatic heterocycles. The molecule has 0 amide bonds. The summed E-state index contributed by atoms with van der Waals surface area (Å²) < 4.78 is 0. The molecule has 0 saturated carbocycles. The van der Waals surface area contributed by atoms with Crippen LogP contribution >= 0.6 is 0 Å². The maximum absolute atomic E-state index is 5.19. The highest BCUT2D eigenvalue weighted by molar-refractivity contribution is 5.88. The summed E-state index contributed by atoms with van der Waals surface area (Å²) in [7, 11) is 0. The minimum atomic E-state index is 0.299. The molecule has 3 heteroatoms. The van der Waals surface area contributed by atoms with Crippen LogP contribution in [0.5, 0.6) is 0 Å². The summed E-state index contributed by atoms with van der Waals surface area (Å²) in [4.78, 5) is 14.7. The fourth-order valence-electron chi connectivity index (χ4n) is 7.12. The van der Waals surface area contributed by atoms with Gasteiger partial charge in [0.1, 0.15) is 0 Å². The molecule has 9 rings (SSSR count). The lowest BCUT2D eigenvalue weighted by molar-refractivity contribution is 0.909. The summed E-state index contributed by atoms with van der Waals surface area (Å²) in [5, 5.41) is 2.46. The summed E-state index contributed by atoms with van der Waals surface area (Å²) >= 11 is 0. The molecule has 238 valence electrons. The van der Waals surface area contributed by atoms with Gasteiger partial charge in [-0.25, -0.2) is 9.97 Å². The molecule has 0 bridgehead atoms. The predicted octanol–water partition coefficient (Wildman–Crippen LogP) is 12.0. The Kier molecular flexibility index (Phi) is 7.79. The fraction of sp³-hybridized carbons (Fsp3) is 0.0851. The summed E-state index contributed by atoms with van der Waals surface area (Å²) in [6, 6.07) is 50.2. The van der Waals surface area contributed by atoms with Gasteiger partial charge in [-0.3, -0.25) is 4.99 Å². The van der Waals surface area contributed by atoms with Crippen molar-refractivity contribution in [1.29, 1.82) is 0 Å². The molecule has 0 N–H and O–H groups in total. The van der Waals surface area contributed by atoms with Gasteiger partial charge in [0.2, 0.25) is 0 Å². The fourth-order valence-corrected chi connectivity index (χ4v) is 7.12. The zero-order valence-corrected chi connectivity index (χ0v) is 27.7. The lowest BCUT2D eigenvalue weighted by atomic mass is 9.93. The molecule has 0 spiro atoms. The van der Waals surface area contributed by atoms with E-state index in [1.54, 1.807) is 0 Å². The maximum Gasteiger partial charge on any atom is 0.160 e. The van der Waals surface area contributed by atoms with Crippen LogP contribution in [0.15, 0.2) is 163 Å². The largest absolute Gasteiger partial charge is 0.269 e. The molecule has 1 unspecified atom stereocenters. The number of benzene rings is 6. The average molecular weight is 642 g/mol. The normalized spacial score (nSPS) is 14.9. The van der Waals surface area contributed by atoms with E-state index in [2.05, 4.69) is 163 Å². The van der Waals surface area contributed by atoms with Crippen LogP contribution in [0.4, 0.5) is 0 Å². The van der Waals surface area contributed by atoms with E-state index in [1.807, 2.05) is 12.4 Å². The van der Waals surface area contributed by atoms with Crippen LogP contribution in [-0.4, -0.2) is 16.2 Å². The Morgan fingerprint density at radius 1 is 0.500 bits per heavy atom. The molecule has 0 radical (unpaired) electrons. The number of aliphatic imine (C=N–C) groups is 1. The number of rotatable bonds is 6. The Balaban J connectivity index is 1.10. The van der Waals surface area contributed by atoms with Gasteiger partial charge in [0.15, 0.2) is 5.82 Å². The number of nitrogens with zero attached hydrogens (tertiary/aromatic N) is 3. The molecule has 2 aliphatic rings. The zero-order valence-electron chi connectivity index (χ0n) is 27.7. The van der Waals surface area contributed by atoms with Crippen molar-refractivity contribution in [2.45, 2.75) is 25.2 Å². The topological polar surface area (TPSA) is 38.1 Å². The minimum absolute atomic E-state index is 0.299. The standard InChI is InChI=1S/C47H35N3/c1-3-9-38-27-41(24-18-32(38)7-1)34-14-20-36(21-15-34)45-30-46(37-22-16-35(17-23-37)44-13-6-26-48-31-44)50-47(49-45)43-12-5-11-40(29-43)42-25-19-33-8-2-4-10-39(33)28-42/h2-6,8-12,14-31,44H,1,7,13H2. The Morgan fingerprint density at radius 3 is 1.98 bits per heavy atom. The number of fused-ring (bicyclic) bond motifs is 2. The molecule has 0 saturated heterocycles. The first-order chi connectivity index (χ1) is 24.7.